The molecule has 0 aliphatic carbocycles. The molecule has 2 saturated heterocycles. The number of hydrogen-bond acceptors (Lipinski definition) is 3. The van der Waals surface area contributed by atoms with E-state index in [2.05, 4.69) is 0 Å². The van der Waals surface area contributed by atoms with Crippen LogP contribution in [-0.2, 0) is 9.53 Å². The van der Waals surface area contributed by atoms with Crippen LogP contribution in [0.4, 0.5) is 0 Å². The molecule has 1 amide bonds. The average Bonchev–Trinajstić information content (AvgIpc) is 2.62. The molecule has 0 radical (unpaired) electrons. The minimum atomic E-state index is 0.178. The minimum absolute atomic E-state index is 0.178. The van der Waals surface area contributed by atoms with Crippen LogP contribution in [0.1, 0.15) is 38.5 Å². The van der Waals surface area contributed by atoms with Gasteiger partial charge in [-0.3, -0.25) is 4.79 Å². The van der Waals surface area contributed by atoms with Gasteiger partial charge in [0.1, 0.15) is 0 Å². The van der Waals surface area contributed by atoms with Gasteiger partial charge in [-0.25, -0.2) is 0 Å². The van der Waals surface area contributed by atoms with Crippen molar-refractivity contribution in [2.45, 2.75) is 44.6 Å². The third kappa shape index (κ3) is 3.68. The average molecular weight is 240 g/mol. The number of carbonyl (C=O) groups excluding carboxylic acids is 1. The molecule has 17 heavy (non-hydrogen) atoms. The molecule has 0 saturated carbocycles. The summed E-state index contributed by atoms with van der Waals surface area (Å²) >= 11 is 0. The summed E-state index contributed by atoms with van der Waals surface area (Å²) in [7, 11) is 0. The number of nitrogens with two attached hydrogens (primary N) is 1. The number of nitrogens with zero attached hydrogens (tertiary/aromatic N) is 1. The van der Waals surface area contributed by atoms with Crippen LogP contribution in [-0.4, -0.2) is 43.2 Å². The lowest BCUT2D eigenvalue weighted by molar-refractivity contribution is -0.132. The Morgan fingerprint density at radius 3 is 2.53 bits per heavy atom. The summed E-state index contributed by atoms with van der Waals surface area (Å²) in [6.07, 6.45) is 6.65. The summed E-state index contributed by atoms with van der Waals surface area (Å²) in [4.78, 5) is 14.2. The van der Waals surface area contributed by atoms with Crippen LogP contribution in [0.2, 0.25) is 0 Å². The zero-order valence-electron chi connectivity index (χ0n) is 10.6. The normalized spacial score (nSPS) is 30.3. The van der Waals surface area contributed by atoms with Gasteiger partial charge in [-0.05, 0) is 25.2 Å². The van der Waals surface area contributed by atoms with Crippen molar-refractivity contribution in [1.82, 2.24) is 4.90 Å². The summed E-state index contributed by atoms with van der Waals surface area (Å²) in [5, 5.41) is 0. The van der Waals surface area contributed by atoms with Gasteiger partial charge in [0.25, 0.3) is 0 Å². The van der Waals surface area contributed by atoms with Crippen LogP contribution in [0.25, 0.3) is 0 Å². The monoisotopic (exact) mass is 240 g/mol. The van der Waals surface area contributed by atoms with Gasteiger partial charge in [-0.2, -0.15) is 0 Å². The fraction of sp³-hybridized carbons (Fsp3) is 0.923. The smallest absolute Gasteiger partial charge is 0.222 e. The predicted octanol–water partition coefficient (Wildman–Crippen LogP) is 1.14. The molecule has 2 unspecified atom stereocenters. The number of hydrogen-bond donors (Lipinski definition) is 1. The van der Waals surface area contributed by atoms with Gasteiger partial charge in [-0.1, -0.05) is 12.8 Å². The first-order valence-electron chi connectivity index (χ1n) is 6.89. The van der Waals surface area contributed by atoms with Gasteiger partial charge < -0.3 is 15.4 Å². The minimum Gasteiger partial charge on any atom is -0.377 e. The van der Waals surface area contributed by atoms with Crippen molar-refractivity contribution in [1.29, 1.82) is 0 Å². The molecule has 2 aliphatic heterocycles. The highest BCUT2D eigenvalue weighted by atomic mass is 16.5. The molecule has 0 aromatic carbocycles. The standard InChI is InChI=1S/C13H24N2O2/c14-9-12-7-11(10-17-12)8-13(16)15-5-3-1-2-4-6-15/h11-12H,1-10,14H2. The number of rotatable bonds is 3. The maximum absolute atomic E-state index is 12.1. The summed E-state index contributed by atoms with van der Waals surface area (Å²) in [5.74, 6) is 0.706. The molecule has 2 N–H and O–H groups in total. The van der Waals surface area contributed by atoms with Crippen LogP contribution < -0.4 is 5.73 Å². The molecule has 4 heteroatoms. The molecular weight excluding hydrogens is 216 g/mol. The molecule has 0 bridgehead atoms. The van der Waals surface area contributed by atoms with Crippen molar-refractivity contribution in [3.8, 4) is 0 Å². The summed E-state index contributed by atoms with van der Waals surface area (Å²) < 4.78 is 5.53. The molecule has 0 aromatic heterocycles. The van der Waals surface area contributed by atoms with E-state index in [1.54, 1.807) is 0 Å². The number of carbonyl (C=O) groups is 1. The van der Waals surface area contributed by atoms with Crippen molar-refractivity contribution in [2.24, 2.45) is 11.7 Å². The summed E-state index contributed by atoms with van der Waals surface area (Å²) in [6, 6.07) is 0. The van der Waals surface area contributed by atoms with E-state index in [0.29, 0.717) is 31.4 Å². The third-order valence-electron chi connectivity index (χ3n) is 3.85. The van der Waals surface area contributed by atoms with Crippen LogP contribution in [0.3, 0.4) is 0 Å². The van der Waals surface area contributed by atoms with E-state index in [1.165, 1.54) is 25.7 Å². The van der Waals surface area contributed by atoms with Crippen LogP contribution in [0, 0.1) is 5.92 Å². The van der Waals surface area contributed by atoms with E-state index in [-0.39, 0.29) is 6.10 Å². The highest BCUT2D eigenvalue weighted by Gasteiger charge is 2.28. The lowest BCUT2D eigenvalue weighted by Crippen LogP contribution is -2.33. The number of amides is 1. The Hall–Kier alpha value is -0.610. The van der Waals surface area contributed by atoms with Gasteiger partial charge in [0.15, 0.2) is 0 Å². The molecule has 2 fully saturated rings. The van der Waals surface area contributed by atoms with Crippen LogP contribution in [0.15, 0.2) is 0 Å². The Bertz CT molecular complexity index is 250. The first kappa shape index (κ1) is 12.8. The fourth-order valence-electron chi connectivity index (χ4n) is 2.78. The Morgan fingerprint density at radius 1 is 1.24 bits per heavy atom. The molecular formula is C13H24N2O2. The van der Waals surface area contributed by atoms with E-state index in [0.717, 1.165) is 19.5 Å². The molecule has 4 nitrogen and oxygen atoms in total. The maximum atomic E-state index is 12.1. The van der Waals surface area contributed by atoms with Crippen molar-refractivity contribution >= 4 is 5.91 Å². The lowest BCUT2D eigenvalue weighted by Gasteiger charge is -2.21. The third-order valence-corrected chi connectivity index (χ3v) is 3.85. The van der Waals surface area contributed by atoms with Gasteiger partial charge in [-0.15, -0.1) is 0 Å². The SMILES string of the molecule is NCC1CC(CC(=O)N2CCCCCC2)CO1. The van der Waals surface area contributed by atoms with Crippen molar-refractivity contribution in [3.05, 3.63) is 0 Å². The molecule has 2 aliphatic rings. The first-order chi connectivity index (χ1) is 8.29. The van der Waals surface area contributed by atoms with Crippen molar-refractivity contribution < 1.29 is 9.53 Å². The molecule has 2 atom stereocenters. The van der Waals surface area contributed by atoms with Gasteiger partial charge in [0, 0.05) is 26.1 Å². The van der Waals surface area contributed by atoms with E-state index in [4.69, 9.17) is 10.5 Å². The van der Waals surface area contributed by atoms with Gasteiger partial charge in [0.05, 0.1) is 12.7 Å². The second kappa shape index (κ2) is 6.36. The Kier molecular flexibility index (Phi) is 4.80. The topological polar surface area (TPSA) is 55.6 Å². The van der Waals surface area contributed by atoms with Gasteiger partial charge >= 0.3 is 0 Å². The van der Waals surface area contributed by atoms with Crippen molar-refractivity contribution in [2.75, 3.05) is 26.2 Å². The van der Waals surface area contributed by atoms with E-state index >= 15 is 0 Å². The zero-order chi connectivity index (χ0) is 12.1. The Balaban J connectivity index is 1.76. The second-order valence-electron chi connectivity index (χ2n) is 5.29. The zero-order valence-corrected chi connectivity index (χ0v) is 10.6. The number of likely N-dealkylation sites (tertiary alicyclic amines) is 1. The number of ether oxygens (including phenoxy) is 1. The highest BCUT2D eigenvalue weighted by molar-refractivity contribution is 5.76. The molecule has 0 spiro atoms. The highest BCUT2D eigenvalue weighted by Crippen LogP contribution is 2.23. The quantitative estimate of drug-likeness (QED) is 0.805. The lowest BCUT2D eigenvalue weighted by atomic mass is 10.0. The molecule has 0 aromatic rings. The van der Waals surface area contributed by atoms with E-state index in [1.807, 2.05) is 4.90 Å². The summed E-state index contributed by atoms with van der Waals surface area (Å²) in [5.41, 5.74) is 5.57. The first-order valence-corrected chi connectivity index (χ1v) is 6.89. The molecule has 2 rings (SSSR count). The van der Waals surface area contributed by atoms with Crippen LogP contribution >= 0.6 is 0 Å². The van der Waals surface area contributed by atoms with E-state index in [9.17, 15) is 4.79 Å². The Morgan fingerprint density at radius 2 is 1.94 bits per heavy atom. The second-order valence-corrected chi connectivity index (χ2v) is 5.29. The van der Waals surface area contributed by atoms with Crippen LogP contribution in [0.5, 0.6) is 0 Å². The fourth-order valence-corrected chi connectivity index (χ4v) is 2.78. The Labute approximate surface area is 103 Å². The van der Waals surface area contributed by atoms with Crippen molar-refractivity contribution in [3.63, 3.8) is 0 Å². The largest absolute Gasteiger partial charge is 0.377 e. The predicted molar refractivity (Wildman–Crippen MR) is 66.6 cm³/mol. The maximum Gasteiger partial charge on any atom is 0.222 e. The van der Waals surface area contributed by atoms with E-state index < -0.39 is 0 Å². The van der Waals surface area contributed by atoms with Gasteiger partial charge in [0.2, 0.25) is 5.91 Å². The molecule has 98 valence electrons. The summed E-state index contributed by atoms with van der Waals surface area (Å²) in [6.45, 7) is 3.19. The molecule has 2 heterocycles.